The van der Waals surface area contributed by atoms with Crippen molar-refractivity contribution in [2.45, 2.75) is 69.5 Å². The lowest BCUT2D eigenvalue weighted by atomic mass is 9.92. The maximum atomic E-state index is 13.7. The van der Waals surface area contributed by atoms with Crippen LogP contribution in [0.25, 0.3) is 11.2 Å². The molecule has 1 aromatic carbocycles. The number of benzene rings is 1. The van der Waals surface area contributed by atoms with E-state index in [4.69, 9.17) is 15.7 Å². The monoisotopic (exact) mass is 409 g/mol. The SMILES string of the molecule is NC1CCC(Nc2nc(Nc3cccc(F)c3)c3ncn(C4CCCC4)c3n2)CC1. The van der Waals surface area contributed by atoms with E-state index in [-0.39, 0.29) is 5.82 Å². The molecule has 2 aromatic heterocycles. The van der Waals surface area contributed by atoms with Crippen molar-refractivity contribution in [3.05, 3.63) is 36.4 Å². The maximum absolute atomic E-state index is 13.7. The Bertz CT molecular complexity index is 1020. The summed E-state index contributed by atoms with van der Waals surface area (Å²) in [5, 5.41) is 6.76. The van der Waals surface area contributed by atoms with Crippen molar-refractivity contribution in [3.63, 3.8) is 0 Å². The van der Waals surface area contributed by atoms with Crippen LogP contribution in [0.1, 0.15) is 57.4 Å². The predicted octanol–water partition coefficient (Wildman–Crippen LogP) is 4.51. The second-order valence-corrected chi connectivity index (χ2v) is 8.55. The van der Waals surface area contributed by atoms with Gasteiger partial charge in [0.25, 0.3) is 0 Å². The van der Waals surface area contributed by atoms with Crippen LogP contribution in [0, 0.1) is 5.82 Å². The smallest absolute Gasteiger partial charge is 0.227 e. The molecule has 0 atom stereocenters. The van der Waals surface area contributed by atoms with Gasteiger partial charge in [-0.1, -0.05) is 18.9 Å². The first kappa shape index (κ1) is 19.2. The highest BCUT2D eigenvalue weighted by molar-refractivity contribution is 5.86. The average Bonchev–Trinajstić information content (AvgIpc) is 3.39. The normalized spacial score (nSPS) is 22.5. The first-order valence-corrected chi connectivity index (χ1v) is 10.9. The van der Waals surface area contributed by atoms with Crippen LogP contribution in [-0.2, 0) is 0 Å². The molecule has 7 nitrogen and oxygen atoms in total. The van der Waals surface area contributed by atoms with Gasteiger partial charge in [-0.15, -0.1) is 0 Å². The van der Waals surface area contributed by atoms with Crippen molar-refractivity contribution in [2.24, 2.45) is 5.73 Å². The number of rotatable bonds is 5. The molecule has 2 heterocycles. The fourth-order valence-electron chi connectivity index (χ4n) is 4.67. The van der Waals surface area contributed by atoms with Gasteiger partial charge in [0.1, 0.15) is 5.82 Å². The molecule has 4 N–H and O–H groups in total. The summed E-state index contributed by atoms with van der Waals surface area (Å²) in [7, 11) is 0. The number of halogens is 1. The molecule has 30 heavy (non-hydrogen) atoms. The van der Waals surface area contributed by atoms with Gasteiger partial charge in [0.15, 0.2) is 17.0 Å². The molecule has 3 aromatic rings. The molecule has 5 rings (SSSR count). The zero-order valence-electron chi connectivity index (χ0n) is 17.0. The minimum Gasteiger partial charge on any atom is -0.351 e. The van der Waals surface area contributed by atoms with Crippen LogP contribution in [-0.4, -0.2) is 31.6 Å². The molecule has 2 saturated carbocycles. The van der Waals surface area contributed by atoms with Gasteiger partial charge in [-0.3, -0.25) is 0 Å². The number of imidazole rings is 1. The third kappa shape index (κ3) is 3.96. The van der Waals surface area contributed by atoms with Crippen LogP contribution in [0.5, 0.6) is 0 Å². The van der Waals surface area contributed by atoms with Gasteiger partial charge in [-0.05, 0) is 56.7 Å². The number of nitrogens with two attached hydrogens (primary N) is 1. The summed E-state index contributed by atoms with van der Waals surface area (Å²) in [6.45, 7) is 0. The van der Waals surface area contributed by atoms with Crippen molar-refractivity contribution in [3.8, 4) is 0 Å². The van der Waals surface area contributed by atoms with Crippen molar-refractivity contribution < 1.29 is 4.39 Å². The molecule has 8 heteroatoms. The number of aromatic nitrogens is 4. The Kier molecular flexibility index (Phi) is 5.25. The second kappa shape index (κ2) is 8.18. The molecule has 0 bridgehead atoms. The van der Waals surface area contributed by atoms with E-state index in [1.165, 1.54) is 25.0 Å². The van der Waals surface area contributed by atoms with Crippen molar-refractivity contribution in [1.82, 2.24) is 19.5 Å². The first-order chi connectivity index (χ1) is 14.7. The Labute approximate surface area is 175 Å². The van der Waals surface area contributed by atoms with E-state index in [0.717, 1.165) is 44.2 Å². The molecule has 0 unspecified atom stereocenters. The Morgan fingerprint density at radius 1 is 1.03 bits per heavy atom. The maximum Gasteiger partial charge on any atom is 0.227 e. The summed E-state index contributed by atoms with van der Waals surface area (Å²) in [4.78, 5) is 14.2. The molecule has 2 aliphatic carbocycles. The van der Waals surface area contributed by atoms with Crippen molar-refractivity contribution in [1.29, 1.82) is 0 Å². The number of nitrogens with zero attached hydrogens (tertiary/aromatic N) is 4. The third-order valence-electron chi connectivity index (χ3n) is 6.33. The molecule has 0 spiro atoms. The molecule has 2 aliphatic rings. The Hall–Kier alpha value is -2.74. The minimum absolute atomic E-state index is 0.292. The topological polar surface area (TPSA) is 93.7 Å². The Morgan fingerprint density at radius 2 is 1.83 bits per heavy atom. The molecule has 2 fully saturated rings. The highest BCUT2D eigenvalue weighted by Gasteiger charge is 2.24. The number of hydrogen-bond donors (Lipinski definition) is 3. The van der Waals surface area contributed by atoms with Crippen LogP contribution in [0.15, 0.2) is 30.6 Å². The van der Waals surface area contributed by atoms with E-state index in [9.17, 15) is 4.39 Å². The molecule has 0 radical (unpaired) electrons. The molecule has 158 valence electrons. The van der Waals surface area contributed by atoms with Crippen LogP contribution >= 0.6 is 0 Å². The minimum atomic E-state index is -0.293. The van der Waals surface area contributed by atoms with Gasteiger partial charge in [0.05, 0.1) is 6.33 Å². The highest BCUT2D eigenvalue weighted by atomic mass is 19.1. The number of hydrogen-bond acceptors (Lipinski definition) is 6. The van der Waals surface area contributed by atoms with E-state index in [1.807, 2.05) is 12.4 Å². The van der Waals surface area contributed by atoms with Crippen LogP contribution in [0.4, 0.5) is 21.8 Å². The number of nitrogens with one attached hydrogen (secondary N) is 2. The average molecular weight is 410 g/mol. The zero-order chi connectivity index (χ0) is 20.5. The van der Waals surface area contributed by atoms with Crippen LogP contribution in [0.2, 0.25) is 0 Å². The number of anilines is 3. The first-order valence-electron chi connectivity index (χ1n) is 10.9. The fraction of sp³-hybridized carbons (Fsp3) is 0.500. The summed E-state index contributed by atoms with van der Waals surface area (Å²) in [5.41, 5.74) is 8.23. The predicted molar refractivity (Wildman–Crippen MR) is 116 cm³/mol. The largest absolute Gasteiger partial charge is 0.351 e. The fourth-order valence-corrected chi connectivity index (χ4v) is 4.67. The summed E-state index contributed by atoms with van der Waals surface area (Å²) < 4.78 is 15.9. The van der Waals surface area contributed by atoms with E-state index in [2.05, 4.69) is 20.2 Å². The molecule has 0 saturated heterocycles. The Balaban J connectivity index is 1.51. The molecular formula is C22H28FN7. The van der Waals surface area contributed by atoms with E-state index < -0.39 is 0 Å². The molecule has 0 amide bonds. The van der Waals surface area contributed by atoms with Crippen LogP contribution < -0.4 is 16.4 Å². The third-order valence-corrected chi connectivity index (χ3v) is 6.33. The highest BCUT2D eigenvalue weighted by Crippen LogP contribution is 2.34. The zero-order valence-corrected chi connectivity index (χ0v) is 17.0. The van der Waals surface area contributed by atoms with Gasteiger partial charge in [-0.2, -0.15) is 9.97 Å². The second-order valence-electron chi connectivity index (χ2n) is 8.55. The summed E-state index contributed by atoms with van der Waals surface area (Å²) in [6, 6.07) is 7.41. The summed E-state index contributed by atoms with van der Waals surface area (Å²) >= 11 is 0. The lowest BCUT2D eigenvalue weighted by Crippen LogP contribution is -2.33. The van der Waals surface area contributed by atoms with Gasteiger partial charge in [0, 0.05) is 23.8 Å². The van der Waals surface area contributed by atoms with E-state index >= 15 is 0 Å². The Morgan fingerprint density at radius 3 is 2.60 bits per heavy atom. The van der Waals surface area contributed by atoms with Crippen molar-refractivity contribution in [2.75, 3.05) is 10.6 Å². The lowest BCUT2D eigenvalue weighted by Gasteiger charge is -2.27. The van der Waals surface area contributed by atoms with Gasteiger partial charge in [0.2, 0.25) is 5.95 Å². The van der Waals surface area contributed by atoms with E-state index in [0.29, 0.717) is 41.1 Å². The summed E-state index contributed by atoms with van der Waals surface area (Å²) in [6.07, 6.45) is 10.7. The van der Waals surface area contributed by atoms with Crippen molar-refractivity contribution >= 4 is 28.6 Å². The standard InChI is InChI=1S/C22H28FN7/c23-14-4-3-5-17(12-14)26-20-19-21(30(13-25-19)18-6-1-2-7-18)29-22(28-20)27-16-10-8-15(24)9-11-16/h3-5,12-13,15-16,18H,1-2,6-11,24H2,(H2,26,27,28,29). The number of fused-ring (bicyclic) bond motifs is 1. The molecular weight excluding hydrogens is 381 g/mol. The van der Waals surface area contributed by atoms with E-state index in [1.54, 1.807) is 6.07 Å². The van der Waals surface area contributed by atoms with Crippen LogP contribution in [0.3, 0.4) is 0 Å². The quantitative estimate of drug-likeness (QED) is 0.574. The van der Waals surface area contributed by atoms with Gasteiger partial charge in [-0.25, -0.2) is 9.37 Å². The lowest BCUT2D eigenvalue weighted by molar-refractivity contribution is 0.410. The molecule has 0 aliphatic heterocycles. The van der Waals surface area contributed by atoms with Gasteiger partial charge >= 0.3 is 0 Å². The van der Waals surface area contributed by atoms with Gasteiger partial charge < -0.3 is 20.9 Å². The summed E-state index contributed by atoms with van der Waals surface area (Å²) in [5.74, 6) is 0.887.